The second-order valence-electron chi connectivity index (χ2n) is 9.73. The van der Waals surface area contributed by atoms with Gasteiger partial charge in [-0.05, 0) is 61.7 Å². The molecule has 0 radical (unpaired) electrons. The van der Waals surface area contributed by atoms with Crippen LogP contribution in [0.25, 0.3) is 0 Å². The number of sulfonamides is 1. The van der Waals surface area contributed by atoms with Crippen molar-refractivity contribution in [2.75, 3.05) is 31.6 Å². The normalized spacial score (nSPS) is 11.9. The Morgan fingerprint density at radius 3 is 2.19 bits per heavy atom. The first kappa shape index (κ1) is 32.8. The number of ether oxygens (including phenoxy) is 2. The first-order valence-electron chi connectivity index (χ1n) is 13.7. The SMILES string of the molecule is CCCNC(=O)[C@H](CC)N(Cc1ccc(Cl)cc1)C(=O)CN(c1cc(OC)ccc1OC)S(=O)(=O)c1ccc(C)cc1. The molecule has 0 saturated carbocycles. The third-order valence-corrected chi connectivity index (χ3v) is 8.77. The standard InChI is InChI=1S/C31H38ClN3O6S/c1-6-18-33-31(37)27(7-2)34(20-23-10-12-24(32)13-11-23)30(36)21-35(28-19-25(40-4)14-17-29(28)41-5)42(38,39)26-15-8-22(3)9-16-26/h8-17,19,27H,6-7,18,20-21H2,1-5H3,(H,33,37)/t27-/m0/s1. The van der Waals surface area contributed by atoms with Crippen LogP contribution in [0, 0.1) is 6.92 Å². The van der Waals surface area contributed by atoms with E-state index in [1.807, 2.05) is 20.8 Å². The van der Waals surface area contributed by atoms with E-state index in [-0.39, 0.29) is 28.8 Å². The Hall–Kier alpha value is -3.76. The summed E-state index contributed by atoms with van der Waals surface area (Å²) in [5.41, 5.74) is 1.75. The smallest absolute Gasteiger partial charge is 0.264 e. The van der Waals surface area contributed by atoms with Crippen molar-refractivity contribution in [1.29, 1.82) is 0 Å². The van der Waals surface area contributed by atoms with Gasteiger partial charge in [0.15, 0.2) is 0 Å². The molecule has 3 aromatic rings. The third-order valence-electron chi connectivity index (χ3n) is 6.74. The quantitative estimate of drug-likeness (QED) is 0.267. The molecule has 42 heavy (non-hydrogen) atoms. The molecule has 11 heteroatoms. The summed E-state index contributed by atoms with van der Waals surface area (Å²) in [4.78, 5) is 28.8. The number of benzene rings is 3. The first-order valence-corrected chi connectivity index (χ1v) is 15.5. The van der Waals surface area contributed by atoms with Gasteiger partial charge in [0.25, 0.3) is 10.0 Å². The van der Waals surface area contributed by atoms with Crippen LogP contribution in [0.2, 0.25) is 5.02 Å². The van der Waals surface area contributed by atoms with Crippen molar-refractivity contribution in [3.05, 3.63) is 82.9 Å². The molecule has 0 aliphatic carbocycles. The largest absolute Gasteiger partial charge is 0.497 e. The Kier molecular flexibility index (Phi) is 11.6. The summed E-state index contributed by atoms with van der Waals surface area (Å²) in [6, 6.07) is 17.2. The van der Waals surface area contributed by atoms with Gasteiger partial charge in [-0.1, -0.05) is 55.3 Å². The molecule has 0 fully saturated rings. The molecule has 2 amide bonds. The number of rotatable bonds is 14. The molecule has 0 aromatic heterocycles. The van der Waals surface area contributed by atoms with Crippen LogP contribution in [0.4, 0.5) is 5.69 Å². The van der Waals surface area contributed by atoms with Gasteiger partial charge >= 0.3 is 0 Å². The number of nitrogens with zero attached hydrogens (tertiary/aromatic N) is 2. The number of amides is 2. The van der Waals surface area contributed by atoms with Gasteiger partial charge in [0.05, 0.1) is 24.8 Å². The van der Waals surface area contributed by atoms with E-state index in [0.717, 1.165) is 21.9 Å². The highest BCUT2D eigenvalue weighted by Gasteiger charge is 2.35. The van der Waals surface area contributed by atoms with Gasteiger partial charge in [0.1, 0.15) is 24.1 Å². The van der Waals surface area contributed by atoms with E-state index in [4.69, 9.17) is 21.1 Å². The number of hydrogen-bond acceptors (Lipinski definition) is 6. The Labute approximate surface area is 253 Å². The minimum atomic E-state index is -4.27. The van der Waals surface area contributed by atoms with Crippen molar-refractivity contribution in [3.8, 4) is 11.5 Å². The van der Waals surface area contributed by atoms with Gasteiger partial charge in [-0.3, -0.25) is 13.9 Å². The van der Waals surface area contributed by atoms with Crippen molar-refractivity contribution in [2.24, 2.45) is 0 Å². The first-order chi connectivity index (χ1) is 20.0. The second kappa shape index (κ2) is 14.9. The van der Waals surface area contributed by atoms with Gasteiger partial charge in [0.2, 0.25) is 11.8 Å². The maximum Gasteiger partial charge on any atom is 0.264 e. The number of anilines is 1. The molecule has 1 N–H and O–H groups in total. The van der Waals surface area contributed by atoms with E-state index < -0.39 is 28.5 Å². The van der Waals surface area contributed by atoms with Gasteiger partial charge < -0.3 is 19.7 Å². The second-order valence-corrected chi connectivity index (χ2v) is 12.0. The zero-order valence-electron chi connectivity index (χ0n) is 24.6. The average molecular weight is 616 g/mol. The molecule has 3 rings (SSSR count). The fourth-order valence-corrected chi connectivity index (χ4v) is 5.96. The highest BCUT2D eigenvalue weighted by Crippen LogP contribution is 2.36. The maximum absolute atomic E-state index is 14.2. The van der Waals surface area contributed by atoms with Crippen molar-refractivity contribution >= 4 is 39.1 Å². The van der Waals surface area contributed by atoms with E-state index >= 15 is 0 Å². The third kappa shape index (κ3) is 7.95. The highest BCUT2D eigenvalue weighted by atomic mass is 35.5. The van der Waals surface area contributed by atoms with E-state index in [1.54, 1.807) is 48.5 Å². The molecular weight excluding hydrogens is 578 g/mol. The summed E-state index contributed by atoms with van der Waals surface area (Å²) < 4.78 is 40.2. The molecule has 0 spiro atoms. The summed E-state index contributed by atoms with van der Waals surface area (Å²) in [5, 5.41) is 3.40. The predicted octanol–water partition coefficient (Wildman–Crippen LogP) is 5.19. The number of carbonyl (C=O) groups is 2. The molecule has 9 nitrogen and oxygen atoms in total. The predicted molar refractivity (Wildman–Crippen MR) is 165 cm³/mol. The van der Waals surface area contributed by atoms with Gasteiger partial charge in [-0.2, -0.15) is 0 Å². The molecule has 0 heterocycles. The van der Waals surface area contributed by atoms with Gasteiger partial charge in [0, 0.05) is 24.2 Å². The Bertz CT molecular complexity index is 1460. The molecule has 3 aromatic carbocycles. The van der Waals surface area contributed by atoms with E-state index in [2.05, 4.69) is 5.32 Å². The fourth-order valence-electron chi connectivity index (χ4n) is 4.41. The zero-order valence-corrected chi connectivity index (χ0v) is 26.2. The van der Waals surface area contributed by atoms with Crippen LogP contribution in [0.15, 0.2) is 71.6 Å². The average Bonchev–Trinajstić information content (AvgIpc) is 2.99. The number of hydrogen-bond donors (Lipinski definition) is 1. The molecule has 1 atom stereocenters. The molecule has 0 aliphatic rings. The summed E-state index contributed by atoms with van der Waals surface area (Å²) in [6.45, 7) is 5.53. The summed E-state index contributed by atoms with van der Waals surface area (Å²) in [5.74, 6) is -0.264. The number of halogens is 1. The van der Waals surface area contributed by atoms with Crippen molar-refractivity contribution < 1.29 is 27.5 Å². The molecule has 0 bridgehead atoms. The lowest BCUT2D eigenvalue weighted by molar-refractivity contribution is -0.140. The molecule has 0 aliphatic heterocycles. The van der Waals surface area contributed by atoms with Crippen LogP contribution in [0.5, 0.6) is 11.5 Å². The number of nitrogens with one attached hydrogen (secondary N) is 1. The number of aryl methyl sites for hydroxylation is 1. The van der Waals surface area contributed by atoms with Gasteiger partial charge in [-0.15, -0.1) is 0 Å². The lowest BCUT2D eigenvalue weighted by atomic mass is 10.1. The summed E-state index contributed by atoms with van der Waals surface area (Å²) in [6.07, 6.45) is 1.05. The fraction of sp³-hybridized carbons (Fsp3) is 0.355. The Balaban J connectivity index is 2.13. The minimum absolute atomic E-state index is 0.00255. The zero-order chi connectivity index (χ0) is 30.9. The van der Waals surface area contributed by atoms with Crippen LogP contribution in [-0.4, -0.2) is 58.5 Å². The van der Waals surface area contributed by atoms with Crippen LogP contribution >= 0.6 is 11.6 Å². The van der Waals surface area contributed by atoms with Crippen LogP contribution in [-0.2, 0) is 26.2 Å². The Morgan fingerprint density at radius 2 is 1.62 bits per heavy atom. The van der Waals surface area contributed by atoms with Crippen molar-refractivity contribution in [3.63, 3.8) is 0 Å². The van der Waals surface area contributed by atoms with Crippen molar-refractivity contribution in [1.82, 2.24) is 10.2 Å². The summed E-state index contributed by atoms with van der Waals surface area (Å²) in [7, 11) is -1.39. The summed E-state index contributed by atoms with van der Waals surface area (Å²) >= 11 is 6.08. The molecule has 0 saturated heterocycles. The highest BCUT2D eigenvalue weighted by molar-refractivity contribution is 7.92. The lowest BCUT2D eigenvalue weighted by Gasteiger charge is -2.33. The molecule has 226 valence electrons. The molecule has 0 unspecified atom stereocenters. The van der Waals surface area contributed by atoms with E-state index in [0.29, 0.717) is 23.7 Å². The lowest BCUT2D eigenvalue weighted by Crippen LogP contribution is -2.52. The topological polar surface area (TPSA) is 105 Å². The van der Waals surface area contributed by atoms with Crippen LogP contribution < -0.4 is 19.1 Å². The van der Waals surface area contributed by atoms with E-state index in [1.165, 1.54) is 37.3 Å². The van der Waals surface area contributed by atoms with Crippen LogP contribution in [0.3, 0.4) is 0 Å². The van der Waals surface area contributed by atoms with Gasteiger partial charge in [-0.25, -0.2) is 8.42 Å². The Morgan fingerprint density at radius 1 is 0.952 bits per heavy atom. The monoisotopic (exact) mass is 615 g/mol. The number of methoxy groups -OCH3 is 2. The van der Waals surface area contributed by atoms with Crippen LogP contribution in [0.1, 0.15) is 37.8 Å². The van der Waals surface area contributed by atoms with Crippen molar-refractivity contribution in [2.45, 2.75) is 51.1 Å². The van der Waals surface area contributed by atoms with E-state index in [9.17, 15) is 18.0 Å². The molecular formula is C31H38ClN3O6S. The minimum Gasteiger partial charge on any atom is -0.497 e. The number of carbonyl (C=O) groups excluding carboxylic acids is 2. The maximum atomic E-state index is 14.2.